The van der Waals surface area contributed by atoms with Crippen molar-refractivity contribution in [2.75, 3.05) is 12.4 Å². The molecule has 2 aromatic rings. The highest BCUT2D eigenvalue weighted by molar-refractivity contribution is 9.10. The Labute approximate surface area is 154 Å². The van der Waals surface area contributed by atoms with Crippen LogP contribution in [0.3, 0.4) is 0 Å². The number of anilines is 1. The van der Waals surface area contributed by atoms with Crippen LogP contribution in [0.1, 0.15) is 12.5 Å². The van der Waals surface area contributed by atoms with E-state index in [2.05, 4.69) is 31.8 Å². The van der Waals surface area contributed by atoms with E-state index >= 15 is 0 Å². The van der Waals surface area contributed by atoms with Gasteiger partial charge in [-0.1, -0.05) is 27.5 Å². The molecule has 2 aromatic carbocycles. The molecule has 24 heavy (non-hydrogen) atoms. The molecule has 1 amide bonds. The van der Waals surface area contributed by atoms with Gasteiger partial charge in [-0.15, -0.1) is 0 Å². The van der Waals surface area contributed by atoms with E-state index in [1.54, 1.807) is 26.2 Å². The maximum absolute atomic E-state index is 12.1. The summed E-state index contributed by atoms with van der Waals surface area (Å²) in [6.07, 6.45) is 1.54. The number of benzene rings is 2. The highest BCUT2D eigenvalue weighted by Crippen LogP contribution is 2.21. The van der Waals surface area contributed by atoms with Gasteiger partial charge in [-0.05, 0) is 49.4 Å². The zero-order chi connectivity index (χ0) is 17.5. The number of hydrazone groups is 1. The van der Waals surface area contributed by atoms with Gasteiger partial charge in [0.25, 0.3) is 5.91 Å². The Bertz CT molecular complexity index is 735. The van der Waals surface area contributed by atoms with Crippen LogP contribution in [-0.2, 0) is 4.79 Å². The fourth-order valence-corrected chi connectivity index (χ4v) is 2.43. The lowest BCUT2D eigenvalue weighted by Gasteiger charge is -2.13. The van der Waals surface area contributed by atoms with Crippen molar-refractivity contribution in [3.63, 3.8) is 0 Å². The second-order valence-electron chi connectivity index (χ2n) is 4.99. The molecular formula is C17H17BrClN3O2. The highest BCUT2D eigenvalue weighted by atomic mass is 79.9. The lowest BCUT2D eigenvalue weighted by Crippen LogP contribution is -2.34. The van der Waals surface area contributed by atoms with Crippen LogP contribution in [0, 0.1) is 0 Å². The molecule has 2 N–H and O–H groups in total. The Morgan fingerprint density at radius 2 is 2.00 bits per heavy atom. The van der Waals surface area contributed by atoms with Gasteiger partial charge in [0.1, 0.15) is 11.8 Å². The molecule has 0 saturated heterocycles. The molecule has 0 bridgehead atoms. The second kappa shape index (κ2) is 8.70. The van der Waals surface area contributed by atoms with E-state index in [0.29, 0.717) is 10.8 Å². The Balaban J connectivity index is 1.94. The summed E-state index contributed by atoms with van der Waals surface area (Å²) in [5, 5.41) is 7.70. The summed E-state index contributed by atoms with van der Waals surface area (Å²) in [5.74, 6) is 0.415. The molecule has 0 fully saturated rings. The number of hydrogen-bond donors (Lipinski definition) is 2. The minimum absolute atomic E-state index is 0.254. The van der Waals surface area contributed by atoms with Gasteiger partial charge < -0.3 is 10.1 Å². The Morgan fingerprint density at radius 1 is 1.29 bits per heavy atom. The molecule has 5 nitrogen and oxygen atoms in total. The molecule has 0 aliphatic rings. The standard InChI is InChI=1S/C17H17BrClN3O2/c1-11(21-15-6-4-14(19)5-7-15)17(23)22-20-10-12-9-13(18)3-8-16(12)24-2/h3-11,21H,1-2H3,(H,22,23)/b20-10+. The number of nitrogens with one attached hydrogen (secondary N) is 2. The largest absolute Gasteiger partial charge is 0.496 e. The number of ether oxygens (including phenoxy) is 1. The third-order valence-electron chi connectivity index (χ3n) is 3.19. The summed E-state index contributed by atoms with van der Waals surface area (Å²) in [4.78, 5) is 12.1. The quantitative estimate of drug-likeness (QED) is 0.557. The Kier molecular flexibility index (Phi) is 6.63. The number of hydrogen-bond acceptors (Lipinski definition) is 4. The maximum atomic E-state index is 12.1. The van der Waals surface area contributed by atoms with Crippen molar-refractivity contribution in [2.24, 2.45) is 5.10 Å². The van der Waals surface area contributed by atoms with Crippen molar-refractivity contribution in [3.8, 4) is 5.75 Å². The molecular weight excluding hydrogens is 394 g/mol. The minimum Gasteiger partial charge on any atom is -0.496 e. The molecule has 126 valence electrons. The average molecular weight is 411 g/mol. The van der Waals surface area contributed by atoms with Crippen molar-refractivity contribution < 1.29 is 9.53 Å². The molecule has 0 aliphatic heterocycles. The zero-order valence-electron chi connectivity index (χ0n) is 13.2. The monoisotopic (exact) mass is 409 g/mol. The highest BCUT2D eigenvalue weighted by Gasteiger charge is 2.11. The van der Waals surface area contributed by atoms with Crippen molar-refractivity contribution in [1.29, 1.82) is 0 Å². The van der Waals surface area contributed by atoms with E-state index in [-0.39, 0.29) is 5.91 Å². The predicted molar refractivity (Wildman–Crippen MR) is 101 cm³/mol. The predicted octanol–water partition coefficient (Wildman–Crippen LogP) is 4.06. The smallest absolute Gasteiger partial charge is 0.262 e. The summed E-state index contributed by atoms with van der Waals surface area (Å²) in [7, 11) is 1.58. The lowest BCUT2D eigenvalue weighted by atomic mass is 10.2. The van der Waals surface area contributed by atoms with E-state index in [1.807, 2.05) is 30.3 Å². The number of rotatable bonds is 6. The summed E-state index contributed by atoms with van der Waals surface area (Å²) in [6.45, 7) is 1.75. The van der Waals surface area contributed by atoms with Crippen LogP contribution in [0.25, 0.3) is 0 Å². The molecule has 0 aromatic heterocycles. The summed E-state index contributed by atoms with van der Waals surface area (Å²) >= 11 is 9.22. The molecule has 0 spiro atoms. The summed E-state index contributed by atoms with van der Waals surface area (Å²) in [5.41, 5.74) is 4.06. The number of amides is 1. The maximum Gasteiger partial charge on any atom is 0.262 e. The van der Waals surface area contributed by atoms with Crippen LogP contribution in [0.2, 0.25) is 5.02 Å². The van der Waals surface area contributed by atoms with E-state index in [4.69, 9.17) is 16.3 Å². The molecule has 2 rings (SSSR count). The first-order chi connectivity index (χ1) is 11.5. The normalized spacial score (nSPS) is 12.0. The van der Waals surface area contributed by atoms with Crippen LogP contribution in [0.5, 0.6) is 5.75 Å². The van der Waals surface area contributed by atoms with Gasteiger partial charge in [0.2, 0.25) is 0 Å². The molecule has 0 heterocycles. The number of methoxy groups -OCH3 is 1. The van der Waals surface area contributed by atoms with Gasteiger partial charge >= 0.3 is 0 Å². The van der Waals surface area contributed by atoms with Crippen LogP contribution in [0.15, 0.2) is 52.0 Å². The van der Waals surface area contributed by atoms with Crippen molar-refractivity contribution in [1.82, 2.24) is 5.43 Å². The molecule has 1 atom stereocenters. The lowest BCUT2D eigenvalue weighted by molar-refractivity contribution is -0.121. The van der Waals surface area contributed by atoms with Crippen molar-refractivity contribution in [2.45, 2.75) is 13.0 Å². The zero-order valence-corrected chi connectivity index (χ0v) is 15.6. The van der Waals surface area contributed by atoms with Crippen LogP contribution in [0.4, 0.5) is 5.69 Å². The van der Waals surface area contributed by atoms with Gasteiger partial charge in [0, 0.05) is 20.7 Å². The summed E-state index contributed by atoms with van der Waals surface area (Å²) in [6, 6.07) is 12.2. The third-order valence-corrected chi connectivity index (χ3v) is 3.94. The molecule has 0 aliphatic carbocycles. The minimum atomic E-state index is -0.451. The Morgan fingerprint density at radius 3 is 2.67 bits per heavy atom. The number of carbonyl (C=O) groups excluding carboxylic acids is 1. The molecule has 0 radical (unpaired) electrons. The van der Waals surface area contributed by atoms with Gasteiger partial charge in [0.05, 0.1) is 13.3 Å². The van der Waals surface area contributed by atoms with Gasteiger partial charge in [-0.3, -0.25) is 4.79 Å². The fraction of sp³-hybridized carbons (Fsp3) is 0.176. The van der Waals surface area contributed by atoms with Crippen LogP contribution in [-0.4, -0.2) is 25.3 Å². The first-order valence-corrected chi connectivity index (χ1v) is 8.35. The van der Waals surface area contributed by atoms with Crippen molar-refractivity contribution in [3.05, 3.63) is 57.5 Å². The van der Waals surface area contributed by atoms with Gasteiger partial charge in [-0.25, -0.2) is 5.43 Å². The van der Waals surface area contributed by atoms with E-state index < -0.39 is 6.04 Å². The molecule has 0 saturated carbocycles. The first kappa shape index (κ1) is 18.3. The van der Waals surface area contributed by atoms with Gasteiger partial charge in [-0.2, -0.15) is 5.10 Å². The van der Waals surface area contributed by atoms with Crippen LogP contribution < -0.4 is 15.5 Å². The van der Waals surface area contributed by atoms with Crippen LogP contribution >= 0.6 is 27.5 Å². The number of nitrogens with zero attached hydrogens (tertiary/aromatic N) is 1. The second-order valence-corrected chi connectivity index (χ2v) is 6.35. The SMILES string of the molecule is COc1ccc(Br)cc1/C=N/NC(=O)C(C)Nc1ccc(Cl)cc1. The molecule has 1 unspecified atom stereocenters. The third kappa shape index (κ3) is 5.25. The van der Waals surface area contributed by atoms with E-state index in [9.17, 15) is 4.79 Å². The first-order valence-electron chi connectivity index (χ1n) is 7.18. The van der Waals surface area contributed by atoms with E-state index in [1.165, 1.54) is 6.21 Å². The number of halogens is 2. The van der Waals surface area contributed by atoms with E-state index in [0.717, 1.165) is 15.7 Å². The fourth-order valence-electron chi connectivity index (χ4n) is 1.93. The molecule has 7 heteroatoms. The number of carbonyl (C=O) groups is 1. The Hall–Kier alpha value is -2.05. The van der Waals surface area contributed by atoms with Gasteiger partial charge in [0.15, 0.2) is 0 Å². The topological polar surface area (TPSA) is 62.7 Å². The summed E-state index contributed by atoms with van der Waals surface area (Å²) < 4.78 is 6.14. The average Bonchev–Trinajstić information content (AvgIpc) is 2.57. The van der Waals surface area contributed by atoms with Crippen molar-refractivity contribution >= 4 is 45.3 Å².